The Balaban J connectivity index is 2.65. The second kappa shape index (κ2) is 6.73. The van der Waals surface area contributed by atoms with E-state index >= 15 is 0 Å². The normalized spacial score (nSPS) is 11.6. The lowest BCUT2D eigenvalue weighted by Gasteiger charge is -2.28. The van der Waals surface area contributed by atoms with E-state index in [1.54, 1.807) is 6.08 Å². The molecule has 0 N–H and O–H groups in total. The van der Waals surface area contributed by atoms with Crippen LogP contribution in [-0.4, -0.2) is 13.1 Å². The quantitative estimate of drug-likeness (QED) is 0.491. The average molecular weight is 291 g/mol. The van der Waals surface area contributed by atoms with Crippen LogP contribution in [0.3, 0.4) is 0 Å². The van der Waals surface area contributed by atoms with Crippen molar-refractivity contribution in [3.63, 3.8) is 0 Å². The molecule has 0 unspecified atom stereocenters. The highest BCUT2D eigenvalue weighted by molar-refractivity contribution is 5.93. The van der Waals surface area contributed by atoms with Crippen molar-refractivity contribution >= 4 is 5.97 Å². The van der Waals surface area contributed by atoms with E-state index < -0.39 is 11.4 Å². The molecule has 0 fully saturated rings. The van der Waals surface area contributed by atoms with E-state index in [1.165, 1.54) is 7.11 Å². The molecule has 2 aromatic carbocycles. The summed E-state index contributed by atoms with van der Waals surface area (Å²) in [6.45, 7) is 1.98. The van der Waals surface area contributed by atoms with Crippen LogP contribution in [0.25, 0.3) is 0 Å². The molecule has 0 aliphatic carbocycles. The number of nitriles is 1. The summed E-state index contributed by atoms with van der Waals surface area (Å²) in [5.74, 6) is -0.624. The van der Waals surface area contributed by atoms with Gasteiger partial charge in [-0.1, -0.05) is 60.7 Å². The lowest BCUT2D eigenvalue weighted by molar-refractivity contribution is -0.135. The number of rotatable bonds is 4. The maximum atomic E-state index is 11.8. The lowest BCUT2D eigenvalue weighted by atomic mass is 9.75. The summed E-state index contributed by atoms with van der Waals surface area (Å²) in [7, 11) is 1.27. The Morgan fingerprint density at radius 2 is 1.50 bits per heavy atom. The Hall–Kier alpha value is -2.86. The predicted molar refractivity (Wildman–Crippen MR) is 85.1 cm³/mol. The highest BCUT2D eigenvalue weighted by Crippen LogP contribution is 2.34. The van der Waals surface area contributed by atoms with Gasteiger partial charge in [-0.05, 0) is 24.1 Å². The standard InChI is InChI=1S/C19H17NO2/c1-19(16-9-5-3-6-10-16,17-11-7-4-8-12-17)13-15(14-20)18(21)22-2/h3-13H,1-2H3/b15-13+. The number of nitrogens with zero attached hydrogens (tertiary/aromatic N) is 1. The average Bonchev–Trinajstić information content (AvgIpc) is 2.60. The molecule has 0 atom stereocenters. The third-order valence-electron chi connectivity index (χ3n) is 3.71. The van der Waals surface area contributed by atoms with E-state index in [9.17, 15) is 10.1 Å². The molecule has 0 heterocycles. The molecular weight excluding hydrogens is 274 g/mol. The van der Waals surface area contributed by atoms with Crippen LogP contribution in [-0.2, 0) is 14.9 Å². The first kappa shape index (κ1) is 15.5. The molecule has 22 heavy (non-hydrogen) atoms. The summed E-state index contributed by atoms with van der Waals surface area (Å²) < 4.78 is 4.69. The second-order valence-electron chi connectivity index (χ2n) is 5.10. The molecule has 110 valence electrons. The van der Waals surface area contributed by atoms with E-state index in [4.69, 9.17) is 4.74 Å². The van der Waals surface area contributed by atoms with Crippen molar-refractivity contribution < 1.29 is 9.53 Å². The predicted octanol–water partition coefficient (Wildman–Crippen LogP) is 3.62. The Kier molecular flexibility index (Phi) is 4.75. The van der Waals surface area contributed by atoms with Gasteiger partial charge >= 0.3 is 5.97 Å². The van der Waals surface area contributed by atoms with Gasteiger partial charge in [0, 0.05) is 5.41 Å². The van der Waals surface area contributed by atoms with Crippen LogP contribution in [0.15, 0.2) is 72.3 Å². The molecule has 0 saturated carbocycles. The van der Waals surface area contributed by atoms with Crippen molar-refractivity contribution in [3.8, 4) is 6.07 Å². The monoisotopic (exact) mass is 291 g/mol. The highest BCUT2D eigenvalue weighted by atomic mass is 16.5. The van der Waals surface area contributed by atoms with Gasteiger partial charge in [0.2, 0.25) is 0 Å². The fraction of sp³-hybridized carbons (Fsp3) is 0.158. The number of ether oxygens (including phenoxy) is 1. The summed E-state index contributed by atoms with van der Waals surface area (Å²) in [6.07, 6.45) is 1.67. The van der Waals surface area contributed by atoms with Crippen molar-refractivity contribution in [2.75, 3.05) is 7.11 Å². The van der Waals surface area contributed by atoms with Gasteiger partial charge in [0.05, 0.1) is 7.11 Å². The van der Waals surface area contributed by atoms with Crippen LogP contribution in [0.4, 0.5) is 0 Å². The topological polar surface area (TPSA) is 50.1 Å². The summed E-state index contributed by atoms with van der Waals surface area (Å²) in [5.41, 5.74) is 1.40. The van der Waals surface area contributed by atoms with Crippen molar-refractivity contribution in [3.05, 3.63) is 83.4 Å². The molecule has 0 aliphatic rings. The van der Waals surface area contributed by atoms with Crippen LogP contribution in [0.2, 0.25) is 0 Å². The largest absolute Gasteiger partial charge is 0.465 e. The van der Waals surface area contributed by atoms with E-state index in [1.807, 2.05) is 73.7 Å². The van der Waals surface area contributed by atoms with Crippen LogP contribution >= 0.6 is 0 Å². The molecule has 0 bridgehead atoms. The fourth-order valence-corrected chi connectivity index (χ4v) is 2.44. The third-order valence-corrected chi connectivity index (χ3v) is 3.71. The molecule has 0 radical (unpaired) electrons. The Bertz CT molecular complexity index is 673. The van der Waals surface area contributed by atoms with Gasteiger partial charge in [0.1, 0.15) is 11.6 Å². The van der Waals surface area contributed by atoms with Gasteiger partial charge in [-0.25, -0.2) is 4.79 Å². The van der Waals surface area contributed by atoms with Gasteiger partial charge in [-0.15, -0.1) is 0 Å². The SMILES string of the molecule is COC(=O)/C(C#N)=C/C(C)(c1ccccc1)c1ccccc1. The van der Waals surface area contributed by atoms with Gasteiger partial charge < -0.3 is 4.74 Å². The molecule has 0 aromatic heterocycles. The van der Waals surface area contributed by atoms with Crippen LogP contribution in [0, 0.1) is 11.3 Å². The highest BCUT2D eigenvalue weighted by Gasteiger charge is 2.28. The van der Waals surface area contributed by atoms with Gasteiger partial charge in [0.15, 0.2) is 0 Å². The fourth-order valence-electron chi connectivity index (χ4n) is 2.44. The van der Waals surface area contributed by atoms with Crippen LogP contribution in [0.5, 0.6) is 0 Å². The van der Waals surface area contributed by atoms with E-state index in [0.29, 0.717) is 0 Å². The molecule has 0 aliphatic heterocycles. The number of carbonyl (C=O) groups is 1. The zero-order valence-electron chi connectivity index (χ0n) is 12.6. The first-order valence-electron chi connectivity index (χ1n) is 6.94. The smallest absolute Gasteiger partial charge is 0.348 e. The molecule has 0 saturated heterocycles. The number of allylic oxidation sites excluding steroid dienone is 1. The number of benzene rings is 2. The van der Waals surface area contributed by atoms with Crippen LogP contribution in [0.1, 0.15) is 18.1 Å². The number of carbonyl (C=O) groups excluding carboxylic acids is 1. The van der Waals surface area contributed by atoms with Gasteiger partial charge in [-0.2, -0.15) is 5.26 Å². The minimum atomic E-state index is -0.624. The zero-order chi connectivity index (χ0) is 16.0. The number of hydrogen-bond donors (Lipinski definition) is 0. The zero-order valence-corrected chi connectivity index (χ0v) is 12.6. The van der Waals surface area contributed by atoms with Crippen molar-refractivity contribution in [1.82, 2.24) is 0 Å². The lowest BCUT2D eigenvalue weighted by Crippen LogP contribution is -2.22. The minimum absolute atomic E-state index is 0.00212. The van der Waals surface area contributed by atoms with Gasteiger partial charge in [0.25, 0.3) is 0 Å². The molecule has 2 rings (SSSR count). The summed E-state index contributed by atoms with van der Waals surface area (Å²) in [6, 6.07) is 21.5. The number of esters is 1. The van der Waals surface area contributed by atoms with Crippen molar-refractivity contribution in [2.24, 2.45) is 0 Å². The van der Waals surface area contributed by atoms with Crippen molar-refractivity contribution in [2.45, 2.75) is 12.3 Å². The molecule has 2 aromatic rings. The van der Waals surface area contributed by atoms with Gasteiger partial charge in [-0.3, -0.25) is 0 Å². The van der Waals surface area contributed by atoms with Crippen molar-refractivity contribution in [1.29, 1.82) is 5.26 Å². The Labute approximate surface area is 130 Å². The summed E-state index contributed by atoms with van der Waals surface area (Å²) in [5, 5.41) is 9.27. The van der Waals surface area contributed by atoms with E-state index in [2.05, 4.69) is 0 Å². The van der Waals surface area contributed by atoms with Crippen LogP contribution < -0.4 is 0 Å². The molecular formula is C19H17NO2. The molecule has 0 amide bonds. The Morgan fingerprint density at radius 1 is 1.05 bits per heavy atom. The van der Waals surface area contributed by atoms with E-state index in [0.717, 1.165) is 11.1 Å². The summed E-state index contributed by atoms with van der Waals surface area (Å²) in [4.78, 5) is 11.8. The van der Waals surface area contributed by atoms with E-state index in [-0.39, 0.29) is 5.57 Å². The molecule has 3 heteroatoms. The second-order valence-corrected chi connectivity index (χ2v) is 5.10. The first-order valence-corrected chi connectivity index (χ1v) is 6.94. The minimum Gasteiger partial charge on any atom is -0.465 e. The first-order chi connectivity index (χ1) is 10.6. The molecule has 0 spiro atoms. The Morgan fingerprint density at radius 3 is 1.86 bits per heavy atom. The third kappa shape index (κ3) is 3.07. The molecule has 3 nitrogen and oxygen atoms in total. The number of methoxy groups -OCH3 is 1. The maximum Gasteiger partial charge on any atom is 0.348 e. The number of hydrogen-bond acceptors (Lipinski definition) is 3. The summed E-state index contributed by atoms with van der Waals surface area (Å²) >= 11 is 0. The maximum absolute atomic E-state index is 11.8.